The van der Waals surface area contributed by atoms with Crippen LogP contribution in [0.5, 0.6) is 0 Å². The minimum absolute atomic E-state index is 0.304. The van der Waals surface area contributed by atoms with E-state index in [-0.39, 0.29) is 0 Å². The zero-order chi connectivity index (χ0) is 15.5. The fourth-order valence-electron chi connectivity index (χ4n) is 2.27. The number of hydrogen-bond donors (Lipinski definition) is 1. The SMILES string of the molecule is CNC(C)Cc1noc(-c2cnn(-c3ccccc3)c2C)n1. The summed E-state index contributed by atoms with van der Waals surface area (Å²) in [5.74, 6) is 1.21. The van der Waals surface area contributed by atoms with E-state index in [0.717, 1.165) is 23.4 Å². The van der Waals surface area contributed by atoms with Crippen LogP contribution in [0, 0.1) is 6.92 Å². The van der Waals surface area contributed by atoms with Crippen LogP contribution in [0.2, 0.25) is 0 Å². The van der Waals surface area contributed by atoms with E-state index in [1.807, 2.05) is 49.0 Å². The Hall–Kier alpha value is -2.47. The molecule has 0 saturated carbocycles. The van der Waals surface area contributed by atoms with Crippen LogP contribution in [0.15, 0.2) is 41.1 Å². The Bertz CT molecular complexity index is 747. The summed E-state index contributed by atoms with van der Waals surface area (Å²) >= 11 is 0. The Morgan fingerprint density at radius 2 is 2.05 bits per heavy atom. The Morgan fingerprint density at radius 1 is 1.27 bits per heavy atom. The Kier molecular flexibility index (Phi) is 4.02. The first-order valence-corrected chi connectivity index (χ1v) is 7.29. The smallest absolute Gasteiger partial charge is 0.261 e. The Balaban J connectivity index is 1.89. The van der Waals surface area contributed by atoms with Gasteiger partial charge in [-0.3, -0.25) is 0 Å². The summed E-state index contributed by atoms with van der Waals surface area (Å²) in [5.41, 5.74) is 2.84. The number of hydrogen-bond acceptors (Lipinski definition) is 5. The molecule has 0 aliphatic heterocycles. The molecule has 0 radical (unpaired) electrons. The summed E-state index contributed by atoms with van der Waals surface area (Å²) in [6, 6.07) is 10.3. The van der Waals surface area contributed by atoms with Crippen molar-refractivity contribution in [1.82, 2.24) is 25.2 Å². The third kappa shape index (κ3) is 2.78. The molecule has 3 rings (SSSR count). The predicted octanol–water partition coefficient (Wildman–Crippen LogP) is 2.38. The van der Waals surface area contributed by atoms with Crippen molar-refractivity contribution in [2.45, 2.75) is 26.3 Å². The molecule has 0 fully saturated rings. The second kappa shape index (κ2) is 6.11. The van der Waals surface area contributed by atoms with Crippen molar-refractivity contribution >= 4 is 0 Å². The Morgan fingerprint density at radius 3 is 2.77 bits per heavy atom. The quantitative estimate of drug-likeness (QED) is 0.783. The lowest BCUT2D eigenvalue weighted by molar-refractivity contribution is 0.418. The maximum atomic E-state index is 5.38. The van der Waals surface area contributed by atoms with Crippen molar-refractivity contribution in [2.75, 3.05) is 7.05 Å². The van der Waals surface area contributed by atoms with Gasteiger partial charge in [0.1, 0.15) is 0 Å². The standard InChI is InChI=1S/C16H19N5O/c1-11(17-3)9-15-19-16(22-20-15)14-10-18-21(12(14)2)13-7-5-4-6-8-13/h4-8,10-11,17H,9H2,1-3H3. The van der Waals surface area contributed by atoms with Gasteiger partial charge in [0.05, 0.1) is 23.1 Å². The molecular formula is C16H19N5O. The van der Waals surface area contributed by atoms with Crippen LogP contribution in [0.3, 0.4) is 0 Å². The van der Waals surface area contributed by atoms with Gasteiger partial charge in [0.15, 0.2) is 5.82 Å². The summed E-state index contributed by atoms with van der Waals surface area (Å²) in [5, 5.41) is 11.6. The second-order valence-corrected chi connectivity index (χ2v) is 5.30. The van der Waals surface area contributed by atoms with Crippen molar-refractivity contribution in [2.24, 2.45) is 0 Å². The summed E-state index contributed by atoms with van der Waals surface area (Å²) in [6.07, 6.45) is 2.49. The van der Waals surface area contributed by atoms with Gasteiger partial charge in [-0.2, -0.15) is 10.1 Å². The largest absolute Gasteiger partial charge is 0.334 e. The average Bonchev–Trinajstić information content (AvgIpc) is 3.14. The lowest BCUT2D eigenvalue weighted by atomic mass is 10.2. The van der Waals surface area contributed by atoms with Crippen LogP contribution in [-0.4, -0.2) is 33.0 Å². The zero-order valence-corrected chi connectivity index (χ0v) is 12.9. The van der Waals surface area contributed by atoms with Gasteiger partial charge >= 0.3 is 0 Å². The van der Waals surface area contributed by atoms with E-state index in [1.165, 1.54) is 0 Å². The van der Waals surface area contributed by atoms with E-state index >= 15 is 0 Å². The van der Waals surface area contributed by atoms with Crippen molar-refractivity contribution in [3.63, 3.8) is 0 Å². The predicted molar refractivity (Wildman–Crippen MR) is 83.8 cm³/mol. The lowest BCUT2D eigenvalue weighted by Crippen LogP contribution is -2.24. The third-order valence-corrected chi connectivity index (χ3v) is 3.69. The molecule has 0 spiro atoms. The van der Waals surface area contributed by atoms with Gasteiger partial charge in [0.2, 0.25) is 0 Å². The molecule has 1 unspecified atom stereocenters. The normalized spacial score (nSPS) is 12.5. The molecule has 22 heavy (non-hydrogen) atoms. The minimum Gasteiger partial charge on any atom is -0.334 e. The van der Waals surface area contributed by atoms with E-state index in [2.05, 4.69) is 27.5 Å². The summed E-state index contributed by atoms with van der Waals surface area (Å²) < 4.78 is 7.25. The molecule has 0 aliphatic rings. The van der Waals surface area contributed by atoms with E-state index in [4.69, 9.17) is 4.52 Å². The molecule has 2 heterocycles. The number of aromatic nitrogens is 4. The van der Waals surface area contributed by atoms with Gasteiger partial charge in [-0.05, 0) is 33.0 Å². The lowest BCUT2D eigenvalue weighted by Gasteiger charge is -2.04. The van der Waals surface area contributed by atoms with Gasteiger partial charge in [-0.15, -0.1) is 0 Å². The first-order chi connectivity index (χ1) is 10.7. The van der Waals surface area contributed by atoms with E-state index in [0.29, 0.717) is 17.8 Å². The average molecular weight is 297 g/mol. The summed E-state index contributed by atoms with van der Waals surface area (Å²) in [6.45, 7) is 4.07. The van der Waals surface area contributed by atoms with Crippen LogP contribution in [0.25, 0.3) is 17.1 Å². The summed E-state index contributed by atoms with van der Waals surface area (Å²) in [7, 11) is 1.92. The topological polar surface area (TPSA) is 68.8 Å². The van der Waals surface area contributed by atoms with Gasteiger partial charge in [-0.25, -0.2) is 4.68 Å². The number of nitrogens with zero attached hydrogens (tertiary/aromatic N) is 4. The van der Waals surface area contributed by atoms with Gasteiger partial charge in [-0.1, -0.05) is 23.4 Å². The van der Waals surface area contributed by atoms with E-state index in [1.54, 1.807) is 6.20 Å². The van der Waals surface area contributed by atoms with E-state index in [9.17, 15) is 0 Å². The summed E-state index contributed by atoms with van der Waals surface area (Å²) in [4.78, 5) is 4.47. The van der Waals surface area contributed by atoms with Crippen molar-refractivity contribution in [3.05, 3.63) is 48.0 Å². The highest BCUT2D eigenvalue weighted by atomic mass is 16.5. The van der Waals surface area contributed by atoms with Crippen LogP contribution in [0.4, 0.5) is 0 Å². The molecule has 0 aliphatic carbocycles. The van der Waals surface area contributed by atoms with Gasteiger partial charge in [0, 0.05) is 12.5 Å². The first kappa shape index (κ1) is 14.5. The van der Waals surface area contributed by atoms with Crippen molar-refractivity contribution < 1.29 is 4.52 Å². The molecule has 0 saturated heterocycles. The third-order valence-electron chi connectivity index (χ3n) is 3.69. The molecule has 6 heteroatoms. The maximum absolute atomic E-state index is 5.38. The molecule has 0 bridgehead atoms. The van der Waals surface area contributed by atoms with Crippen LogP contribution >= 0.6 is 0 Å². The highest BCUT2D eigenvalue weighted by molar-refractivity contribution is 5.56. The van der Waals surface area contributed by atoms with Crippen molar-refractivity contribution in [3.8, 4) is 17.1 Å². The molecule has 2 aromatic heterocycles. The maximum Gasteiger partial charge on any atom is 0.261 e. The Labute approximate surface area is 129 Å². The zero-order valence-electron chi connectivity index (χ0n) is 12.9. The molecule has 1 atom stereocenters. The first-order valence-electron chi connectivity index (χ1n) is 7.29. The van der Waals surface area contributed by atoms with E-state index < -0.39 is 0 Å². The highest BCUT2D eigenvalue weighted by Gasteiger charge is 2.16. The number of rotatable bonds is 5. The molecule has 1 aromatic carbocycles. The highest BCUT2D eigenvalue weighted by Crippen LogP contribution is 2.23. The van der Waals surface area contributed by atoms with Crippen LogP contribution < -0.4 is 5.32 Å². The minimum atomic E-state index is 0.304. The fourth-order valence-corrected chi connectivity index (χ4v) is 2.27. The second-order valence-electron chi connectivity index (χ2n) is 5.30. The van der Waals surface area contributed by atoms with Crippen LogP contribution in [0.1, 0.15) is 18.4 Å². The number of benzene rings is 1. The molecule has 1 N–H and O–H groups in total. The fraction of sp³-hybridized carbons (Fsp3) is 0.312. The van der Waals surface area contributed by atoms with Gasteiger partial charge in [0.25, 0.3) is 5.89 Å². The van der Waals surface area contributed by atoms with Crippen molar-refractivity contribution in [1.29, 1.82) is 0 Å². The molecule has 0 amide bonds. The number of para-hydroxylation sites is 1. The molecule has 114 valence electrons. The number of likely N-dealkylation sites (N-methyl/N-ethyl adjacent to an activating group) is 1. The van der Waals surface area contributed by atoms with Crippen LogP contribution in [-0.2, 0) is 6.42 Å². The molecule has 6 nitrogen and oxygen atoms in total. The van der Waals surface area contributed by atoms with Gasteiger partial charge < -0.3 is 9.84 Å². The monoisotopic (exact) mass is 297 g/mol. The molecular weight excluding hydrogens is 278 g/mol. The number of nitrogens with one attached hydrogen (secondary N) is 1. The molecule has 3 aromatic rings.